The lowest BCUT2D eigenvalue weighted by molar-refractivity contribution is 0.131. The first-order valence-corrected chi connectivity index (χ1v) is 9.14. The number of amides is 1. The maximum atomic E-state index is 11.0. The van der Waals surface area contributed by atoms with Crippen LogP contribution in [-0.2, 0) is 6.54 Å². The minimum atomic E-state index is -0.801. The molecule has 0 spiro atoms. The van der Waals surface area contributed by atoms with Gasteiger partial charge in [-0.1, -0.05) is 0 Å². The Kier molecular flexibility index (Phi) is 5.22. The van der Waals surface area contributed by atoms with Gasteiger partial charge in [0.05, 0.1) is 0 Å². The van der Waals surface area contributed by atoms with E-state index < -0.39 is 6.09 Å². The maximum Gasteiger partial charge on any atom is 0.407 e. The highest BCUT2D eigenvalue weighted by atomic mass is 127. The van der Waals surface area contributed by atoms with Crippen LogP contribution in [0.25, 0.3) is 0 Å². The van der Waals surface area contributed by atoms with Crippen LogP contribution in [0.15, 0.2) is 6.20 Å². The summed E-state index contributed by atoms with van der Waals surface area (Å²) in [4.78, 5) is 19.8. The molecule has 1 amide bonds. The molecule has 2 saturated heterocycles. The van der Waals surface area contributed by atoms with Crippen LogP contribution in [-0.4, -0.2) is 63.3 Å². The van der Waals surface area contributed by atoms with Gasteiger partial charge in [0.25, 0.3) is 0 Å². The van der Waals surface area contributed by atoms with E-state index in [0.29, 0.717) is 19.0 Å². The quantitative estimate of drug-likeness (QED) is 0.764. The van der Waals surface area contributed by atoms with Crippen LogP contribution in [0.1, 0.15) is 37.4 Å². The van der Waals surface area contributed by atoms with Crippen molar-refractivity contribution in [1.82, 2.24) is 19.4 Å². The Morgan fingerprint density at radius 1 is 1.23 bits per heavy atom. The number of nitrogens with zero attached hydrogens (tertiary/aromatic N) is 4. The van der Waals surface area contributed by atoms with Gasteiger partial charge in [0.1, 0.15) is 9.53 Å². The van der Waals surface area contributed by atoms with E-state index in [1.54, 1.807) is 0 Å². The fourth-order valence-electron chi connectivity index (χ4n) is 3.49. The number of hydrogen-bond donors (Lipinski definition) is 1. The van der Waals surface area contributed by atoms with Gasteiger partial charge in [-0.3, -0.25) is 0 Å². The number of halogens is 1. The summed E-state index contributed by atoms with van der Waals surface area (Å²) in [5.74, 6) is 1.53. The van der Waals surface area contributed by atoms with Gasteiger partial charge < -0.3 is 19.5 Å². The molecule has 7 heteroatoms. The SMILES string of the molecule is O=C(O)N1CCC(c2nc(I)cn2CCN2CCCC2)CC1. The van der Waals surface area contributed by atoms with Crippen LogP contribution in [0, 0.1) is 3.70 Å². The van der Waals surface area contributed by atoms with Crippen LogP contribution in [0.2, 0.25) is 0 Å². The third kappa shape index (κ3) is 3.73. The van der Waals surface area contributed by atoms with E-state index in [0.717, 1.165) is 35.5 Å². The molecule has 1 aromatic rings. The molecule has 3 rings (SSSR count). The molecule has 0 radical (unpaired) electrons. The minimum Gasteiger partial charge on any atom is -0.465 e. The fourth-order valence-corrected chi connectivity index (χ4v) is 4.07. The number of likely N-dealkylation sites (tertiary alicyclic amines) is 2. The smallest absolute Gasteiger partial charge is 0.407 e. The average Bonchev–Trinajstić information content (AvgIpc) is 3.14. The predicted octanol–water partition coefficient (Wildman–Crippen LogP) is 2.44. The molecular weight excluding hydrogens is 395 g/mol. The fraction of sp³-hybridized carbons (Fsp3) is 0.733. The number of rotatable bonds is 4. The van der Waals surface area contributed by atoms with Crippen molar-refractivity contribution in [2.45, 2.75) is 38.1 Å². The number of carboxylic acid groups (broad SMARTS) is 1. The Morgan fingerprint density at radius 3 is 2.55 bits per heavy atom. The standard InChI is InChI=1S/C15H23IN4O2/c16-13-11-20(10-9-18-5-1-2-6-18)14(17-13)12-3-7-19(8-4-12)15(21)22/h11-12H,1-10H2,(H,21,22). The second-order valence-electron chi connectivity index (χ2n) is 6.21. The third-order valence-corrected chi connectivity index (χ3v) is 5.28. The average molecular weight is 418 g/mol. The molecular formula is C15H23IN4O2. The van der Waals surface area contributed by atoms with Gasteiger partial charge >= 0.3 is 6.09 Å². The normalized spacial score (nSPS) is 20.7. The van der Waals surface area contributed by atoms with Crippen molar-refractivity contribution in [3.8, 4) is 0 Å². The summed E-state index contributed by atoms with van der Waals surface area (Å²) < 4.78 is 3.33. The second kappa shape index (κ2) is 7.16. The molecule has 0 unspecified atom stereocenters. The summed E-state index contributed by atoms with van der Waals surface area (Å²) in [5.41, 5.74) is 0. The largest absolute Gasteiger partial charge is 0.465 e. The van der Waals surface area contributed by atoms with Gasteiger partial charge in [0, 0.05) is 38.3 Å². The van der Waals surface area contributed by atoms with Crippen LogP contribution in [0.4, 0.5) is 4.79 Å². The van der Waals surface area contributed by atoms with Crippen molar-refractivity contribution in [1.29, 1.82) is 0 Å². The lowest BCUT2D eigenvalue weighted by Crippen LogP contribution is -2.37. The van der Waals surface area contributed by atoms with Crippen molar-refractivity contribution < 1.29 is 9.90 Å². The molecule has 0 saturated carbocycles. The van der Waals surface area contributed by atoms with E-state index in [9.17, 15) is 4.79 Å². The van der Waals surface area contributed by atoms with Crippen molar-refractivity contribution in [2.75, 3.05) is 32.7 Å². The van der Waals surface area contributed by atoms with Gasteiger partial charge in [0.2, 0.25) is 0 Å². The van der Waals surface area contributed by atoms with Gasteiger partial charge in [-0.05, 0) is 61.4 Å². The number of carbonyl (C=O) groups is 1. The Hall–Kier alpha value is -0.830. The molecule has 2 fully saturated rings. The highest BCUT2D eigenvalue weighted by Gasteiger charge is 2.26. The van der Waals surface area contributed by atoms with Crippen molar-refractivity contribution in [3.05, 3.63) is 15.7 Å². The molecule has 6 nitrogen and oxygen atoms in total. The molecule has 0 aromatic carbocycles. The molecule has 3 heterocycles. The Balaban J connectivity index is 1.62. The molecule has 22 heavy (non-hydrogen) atoms. The topological polar surface area (TPSA) is 61.6 Å². The van der Waals surface area contributed by atoms with Crippen molar-refractivity contribution in [3.63, 3.8) is 0 Å². The van der Waals surface area contributed by atoms with Crippen LogP contribution in [0.3, 0.4) is 0 Å². The van der Waals surface area contributed by atoms with Crippen LogP contribution >= 0.6 is 22.6 Å². The molecule has 2 aliphatic rings. The first kappa shape index (κ1) is 16.0. The van der Waals surface area contributed by atoms with Gasteiger partial charge in [-0.25, -0.2) is 9.78 Å². The van der Waals surface area contributed by atoms with Crippen molar-refractivity contribution in [2.24, 2.45) is 0 Å². The molecule has 1 aromatic heterocycles. The van der Waals surface area contributed by atoms with E-state index in [4.69, 9.17) is 10.1 Å². The summed E-state index contributed by atoms with van der Waals surface area (Å²) in [5, 5.41) is 9.06. The number of imidazole rings is 1. The van der Waals surface area contributed by atoms with E-state index in [1.165, 1.54) is 30.8 Å². The zero-order valence-electron chi connectivity index (χ0n) is 12.7. The molecule has 1 N–H and O–H groups in total. The van der Waals surface area contributed by atoms with E-state index >= 15 is 0 Å². The van der Waals surface area contributed by atoms with Crippen LogP contribution < -0.4 is 0 Å². The molecule has 0 bridgehead atoms. The maximum absolute atomic E-state index is 11.0. The van der Waals surface area contributed by atoms with Crippen molar-refractivity contribution >= 4 is 28.7 Å². The first-order valence-electron chi connectivity index (χ1n) is 8.06. The highest BCUT2D eigenvalue weighted by Crippen LogP contribution is 2.28. The Labute approximate surface area is 144 Å². The van der Waals surface area contributed by atoms with Crippen LogP contribution in [0.5, 0.6) is 0 Å². The van der Waals surface area contributed by atoms with Gasteiger partial charge in [0.15, 0.2) is 0 Å². The molecule has 122 valence electrons. The summed E-state index contributed by atoms with van der Waals surface area (Å²) in [6.45, 7) is 5.76. The highest BCUT2D eigenvalue weighted by molar-refractivity contribution is 14.1. The lowest BCUT2D eigenvalue weighted by atomic mass is 9.96. The first-order chi connectivity index (χ1) is 10.6. The number of aromatic nitrogens is 2. The third-order valence-electron chi connectivity index (χ3n) is 4.76. The van der Waals surface area contributed by atoms with Gasteiger partial charge in [-0.15, -0.1) is 0 Å². The summed E-state index contributed by atoms with van der Waals surface area (Å²) in [6, 6.07) is 0. The zero-order chi connectivity index (χ0) is 15.5. The molecule has 0 atom stereocenters. The predicted molar refractivity (Wildman–Crippen MR) is 92.2 cm³/mol. The monoisotopic (exact) mass is 418 g/mol. The molecule has 2 aliphatic heterocycles. The number of piperidine rings is 1. The second-order valence-corrected chi connectivity index (χ2v) is 7.31. The lowest BCUT2D eigenvalue weighted by Gasteiger charge is -2.30. The summed E-state index contributed by atoms with van der Waals surface area (Å²) in [6.07, 6.45) is 5.73. The van der Waals surface area contributed by atoms with E-state index in [1.807, 2.05) is 0 Å². The van der Waals surface area contributed by atoms with E-state index in [2.05, 4.69) is 38.3 Å². The Morgan fingerprint density at radius 2 is 1.91 bits per heavy atom. The zero-order valence-corrected chi connectivity index (χ0v) is 14.9. The van der Waals surface area contributed by atoms with E-state index in [-0.39, 0.29) is 0 Å². The van der Waals surface area contributed by atoms with Gasteiger partial charge in [-0.2, -0.15) is 0 Å². The molecule has 0 aliphatic carbocycles. The summed E-state index contributed by atoms with van der Waals surface area (Å²) >= 11 is 2.27. The Bertz CT molecular complexity index is 520. The summed E-state index contributed by atoms with van der Waals surface area (Å²) in [7, 11) is 0. The minimum absolute atomic E-state index is 0.387. The number of hydrogen-bond acceptors (Lipinski definition) is 3.